The van der Waals surface area contributed by atoms with Crippen LogP contribution in [-0.4, -0.2) is 20.8 Å². The maximum absolute atomic E-state index is 12.3. The van der Waals surface area contributed by atoms with Crippen molar-refractivity contribution in [1.82, 2.24) is 14.2 Å². The molecule has 0 unspecified atom stereocenters. The summed E-state index contributed by atoms with van der Waals surface area (Å²) in [6, 6.07) is 9.21. The van der Waals surface area contributed by atoms with Gasteiger partial charge in [-0.05, 0) is 29.8 Å². The molecule has 0 N–H and O–H groups in total. The summed E-state index contributed by atoms with van der Waals surface area (Å²) < 4.78 is 8.62. The maximum Gasteiger partial charge on any atom is 0.350 e. The number of benzene rings is 1. The van der Waals surface area contributed by atoms with Gasteiger partial charge < -0.3 is 4.74 Å². The lowest BCUT2D eigenvalue weighted by atomic mass is 10.1. The van der Waals surface area contributed by atoms with Gasteiger partial charge in [-0.3, -0.25) is 4.40 Å². The monoisotopic (exact) mass is 301 g/mol. The summed E-state index contributed by atoms with van der Waals surface area (Å²) in [5, 5.41) is 4.99. The van der Waals surface area contributed by atoms with E-state index in [9.17, 15) is 4.79 Å². The van der Waals surface area contributed by atoms with Crippen molar-refractivity contribution in [2.75, 3.05) is 6.61 Å². The van der Waals surface area contributed by atoms with E-state index in [0.717, 1.165) is 23.3 Å². The number of ether oxygens (including phenoxy) is 1. The van der Waals surface area contributed by atoms with Crippen LogP contribution in [0.1, 0.15) is 11.1 Å². The fourth-order valence-electron chi connectivity index (χ4n) is 2.70. The summed E-state index contributed by atoms with van der Waals surface area (Å²) in [5.41, 5.74) is 2.44. The van der Waals surface area contributed by atoms with Crippen molar-refractivity contribution in [3.8, 4) is 5.75 Å². The van der Waals surface area contributed by atoms with E-state index >= 15 is 0 Å². The molecule has 0 bridgehead atoms. The second-order valence-corrected chi connectivity index (χ2v) is 5.46. The lowest BCUT2D eigenvalue weighted by Crippen LogP contribution is -2.21. The van der Waals surface area contributed by atoms with Crippen molar-refractivity contribution >= 4 is 17.2 Å². The zero-order chi connectivity index (χ0) is 14.4. The molecule has 0 saturated carbocycles. The van der Waals surface area contributed by atoms with Crippen LogP contribution in [0.15, 0.2) is 41.3 Å². The number of hydrogen-bond donors (Lipinski definition) is 0. The average molecular weight is 302 g/mol. The predicted octanol–water partition coefficient (Wildman–Crippen LogP) is 2.13. The molecule has 0 aliphatic carbocycles. The van der Waals surface area contributed by atoms with E-state index < -0.39 is 0 Å². The van der Waals surface area contributed by atoms with Crippen LogP contribution in [0, 0.1) is 0 Å². The first-order chi connectivity index (χ1) is 10.2. The van der Waals surface area contributed by atoms with E-state index in [4.69, 9.17) is 16.3 Å². The summed E-state index contributed by atoms with van der Waals surface area (Å²) in [7, 11) is 0. The minimum absolute atomic E-state index is 0.169. The number of fused-ring (bicyclic) bond motifs is 2. The number of nitrogens with zero attached hydrogens (tertiary/aromatic N) is 3. The minimum Gasteiger partial charge on any atom is -0.493 e. The Balaban J connectivity index is 1.82. The van der Waals surface area contributed by atoms with Gasteiger partial charge in [-0.25, -0.2) is 9.48 Å². The quantitative estimate of drug-likeness (QED) is 0.728. The largest absolute Gasteiger partial charge is 0.493 e. The van der Waals surface area contributed by atoms with Gasteiger partial charge in [-0.1, -0.05) is 17.7 Å². The first-order valence-corrected chi connectivity index (χ1v) is 7.08. The van der Waals surface area contributed by atoms with E-state index in [1.165, 1.54) is 9.08 Å². The second kappa shape index (κ2) is 4.63. The molecule has 0 amide bonds. The lowest BCUT2D eigenvalue weighted by Gasteiger charge is -2.08. The average Bonchev–Trinajstić information content (AvgIpc) is 3.05. The summed E-state index contributed by atoms with van der Waals surface area (Å²) in [5.74, 6) is 0.836. The maximum atomic E-state index is 12.3. The highest BCUT2D eigenvalue weighted by Crippen LogP contribution is 2.33. The molecule has 0 fully saturated rings. The van der Waals surface area contributed by atoms with Crippen molar-refractivity contribution < 1.29 is 4.74 Å². The molecule has 1 aromatic carbocycles. The molecule has 4 rings (SSSR count). The Morgan fingerprint density at radius 3 is 3.10 bits per heavy atom. The highest BCUT2D eigenvalue weighted by atomic mass is 35.5. The summed E-state index contributed by atoms with van der Waals surface area (Å²) >= 11 is 6.14. The highest BCUT2D eigenvalue weighted by molar-refractivity contribution is 6.30. The van der Waals surface area contributed by atoms with Crippen molar-refractivity contribution in [2.24, 2.45) is 0 Å². The molecule has 3 heterocycles. The molecule has 106 valence electrons. The van der Waals surface area contributed by atoms with Gasteiger partial charge in [0, 0.05) is 23.2 Å². The van der Waals surface area contributed by atoms with Crippen molar-refractivity contribution in [3.05, 3.63) is 63.2 Å². The number of halogens is 1. The Hall–Kier alpha value is -2.27. The molecule has 21 heavy (non-hydrogen) atoms. The Labute approximate surface area is 125 Å². The number of aromatic nitrogens is 3. The van der Waals surface area contributed by atoms with Crippen LogP contribution in [-0.2, 0) is 13.0 Å². The smallest absolute Gasteiger partial charge is 0.350 e. The van der Waals surface area contributed by atoms with E-state index in [1.54, 1.807) is 18.3 Å². The van der Waals surface area contributed by atoms with Gasteiger partial charge in [0.15, 0.2) is 5.65 Å². The number of rotatable bonds is 2. The normalized spacial score (nSPS) is 13.4. The zero-order valence-electron chi connectivity index (χ0n) is 11.1. The third-order valence-electron chi connectivity index (χ3n) is 3.63. The predicted molar refractivity (Wildman–Crippen MR) is 79.2 cm³/mol. The fourth-order valence-corrected chi connectivity index (χ4v) is 2.96. The Morgan fingerprint density at radius 1 is 1.33 bits per heavy atom. The molecule has 1 aliphatic rings. The fraction of sp³-hybridized carbons (Fsp3) is 0.200. The van der Waals surface area contributed by atoms with Crippen LogP contribution < -0.4 is 10.4 Å². The summed E-state index contributed by atoms with van der Waals surface area (Å²) in [6.07, 6.45) is 2.56. The van der Waals surface area contributed by atoms with Crippen LogP contribution in [0.2, 0.25) is 5.02 Å². The molecule has 1 aliphatic heterocycles. The van der Waals surface area contributed by atoms with Crippen LogP contribution in [0.25, 0.3) is 5.65 Å². The molecule has 6 heteroatoms. The van der Waals surface area contributed by atoms with E-state index in [0.29, 0.717) is 23.8 Å². The zero-order valence-corrected chi connectivity index (χ0v) is 11.9. The molecule has 0 atom stereocenters. The highest BCUT2D eigenvalue weighted by Gasteiger charge is 2.19. The first-order valence-electron chi connectivity index (χ1n) is 6.71. The van der Waals surface area contributed by atoms with Crippen LogP contribution in [0.3, 0.4) is 0 Å². The lowest BCUT2D eigenvalue weighted by molar-refractivity contribution is 0.352. The van der Waals surface area contributed by atoms with Crippen molar-refractivity contribution in [2.45, 2.75) is 13.0 Å². The van der Waals surface area contributed by atoms with E-state index in [-0.39, 0.29) is 5.69 Å². The number of pyridine rings is 1. The third kappa shape index (κ3) is 2.01. The number of hydrogen-bond acceptors (Lipinski definition) is 3. The Kier molecular flexibility index (Phi) is 2.75. The Bertz CT molecular complexity index is 898. The summed E-state index contributed by atoms with van der Waals surface area (Å²) in [6.45, 7) is 1.01. The molecule has 0 radical (unpaired) electrons. The molecule has 5 nitrogen and oxygen atoms in total. The van der Waals surface area contributed by atoms with Crippen molar-refractivity contribution in [1.29, 1.82) is 0 Å². The van der Waals surface area contributed by atoms with Gasteiger partial charge >= 0.3 is 5.69 Å². The minimum atomic E-state index is -0.169. The van der Waals surface area contributed by atoms with Crippen molar-refractivity contribution in [3.63, 3.8) is 0 Å². The van der Waals surface area contributed by atoms with Crippen LogP contribution in [0.4, 0.5) is 0 Å². The molecule has 0 spiro atoms. The van der Waals surface area contributed by atoms with Crippen LogP contribution >= 0.6 is 11.6 Å². The van der Waals surface area contributed by atoms with Gasteiger partial charge in [0.05, 0.1) is 13.2 Å². The topological polar surface area (TPSA) is 48.5 Å². The summed E-state index contributed by atoms with van der Waals surface area (Å²) in [4.78, 5) is 12.3. The SMILES string of the molecule is O=c1n(Cc2cc(Cl)cc3c2OCC3)nc2ccccn12. The van der Waals surface area contributed by atoms with Gasteiger partial charge in [-0.2, -0.15) is 0 Å². The Morgan fingerprint density at radius 2 is 2.24 bits per heavy atom. The van der Waals surface area contributed by atoms with Gasteiger partial charge in [0.2, 0.25) is 0 Å². The molecule has 2 aromatic heterocycles. The molecule has 3 aromatic rings. The molecular formula is C15H12ClN3O2. The first kappa shape index (κ1) is 12.5. The van der Waals surface area contributed by atoms with E-state index in [2.05, 4.69) is 5.10 Å². The second-order valence-electron chi connectivity index (χ2n) is 5.02. The van der Waals surface area contributed by atoms with Gasteiger partial charge in [-0.15, -0.1) is 5.10 Å². The van der Waals surface area contributed by atoms with Gasteiger partial charge in [0.1, 0.15) is 5.75 Å². The third-order valence-corrected chi connectivity index (χ3v) is 3.85. The van der Waals surface area contributed by atoms with Crippen LogP contribution in [0.5, 0.6) is 5.75 Å². The van der Waals surface area contributed by atoms with E-state index in [1.807, 2.05) is 18.2 Å². The molecular weight excluding hydrogens is 290 g/mol. The molecule has 0 saturated heterocycles. The standard InChI is InChI=1S/C15H12ClN3O2/c16-12-7-10-4-6-21-14(10)11(8-12)9-19-15(20)18-5-2-1-3-13(18)17-19/h1-3,5,7-8H,4,6,9H2. The van der Waals surface area contributed by atoms with Gasteiger partial charge in [0.25, 0.3) is 0 Å².